The standard InChI is InChI=1S/C16H20N2O4S/c1-11(9-22-3)17(2)15(20)13-6-4-5-12(7-13)8-18-14(19)10-23-16(18)21/h4-7,11H,8-10H2,1-3H3/t11-/m0/s1. The molecule has 1 aliphatic heterocycles. The van der Waals surface area contributed by atoms with Crippen LogP contribution in [0, 0.1) is 0 Å². The van der Waals surface area contributed by atoms with Gasteiger partial charge in [0.05, 0.1) is 24.9 Å². The summed E-state index contributed by atoms with van der Waals surface area (Å²) in [5.41, 5.74) is 1.28. The summed E-state index contributed by atoms with van der Waals surface area (Å²) in [6.45, 7) is 2.56. The van der Waals surface area contributed by atoms with Gasteiger partial charge in [-0.1, -0.05) is 23.9 Å². The molecule has 0 spiro atoms. The molecule has 2 rings (SSSR count). The van der Waals surface area contributed by atoms with Crippen LogP contribution in [0.15, 0.2) is 24.3 Å². The Morgan fingerprint density at radius 2 is 2.17 bits per heavy atom. The van der Waals surface area contributed by atoms with Gasteiger partial charge in [-0.15, -0.1) is 0 Å². The molecule has 0 saturated carbocycles. The lowest BCUT2D eigenvalue weighted by Gasteiger charge is -2.24. The number of imide groups is 1. The minimum Gasteiger partial charge on any atom is -0.383 e. The average Bonchev–Trinajstić information content (AvgIpc) is 2.86. The number of carbonyl (C=O) groups is 3. The van der Waals surface area contributed by atoms with Crippen molar-refractivity contribution in [3.8, 4) is 0 Å². The first-order valence-electron chi connectivity index (χ1n) is 7.26. The Labute approximate surface area is 139 Å². The number of carbonyl (C=O) groups excluding carboxylic acids is 3. The van der Waals surface area contributed by atoms with E-state index in [1.807, 2.05) is 6.92 Å². The normalized spacial score (nSPS) is 15.9. The molecule has 3 amide bonds. The van der Waals surface area contributed by atoms with E-state index in [9.17, 15) is 14.4 Å². The molecule has 6 nitrogen and oxygen atoms in total. The molecular formula is C16H20N2O4S. The first kappa shape index (κ1) is 17.5. The van der Waals surface area contributed by atoms with Crippen molar-refractivity contribution in [1.29, 1.82) is 0 Å². The second-order valence-electron chi connectivity index (χ2n) is 5.46. The zero-order valence-electron chi connectivity index (χ0n) is 13.4. The van der Waals surface area contributed by atoms with E-state index in [0.29, 0.717) is 12.2 Å². The van der Waals surface area contributed by atoms with Crippen LogP contribution in [0.1, 0.15) is 22.8 Å². The third-order valence-electron chi connectivity index (χ3n) is 3.74. The van der Waals surface area contributed by atoms with E-state index in [0.717, 1.165) is 17.3 Å². The Bertz CT molecular complexity index is 604. The molecule has 1 aromatic carbocycles. The van der Waals surface area contributed by atoms with Gasteiger partial charge in [0.15, 0.2) is 0 Å². The van der Waals surface area contributed by atoms with Gasteiger partial charge in [-0.05, 0) is 24.6 Å². The van der Waals surface area contributed by atoms with Gasteiger partial charge in [0.2, 0.25) is 5.91 Å². The van der Waals surface area contributed by atoms with Gasteiger partial charge >= 0.3 is 0 Å². The van der Waals surface area contributed by atoms with Crippen LogP contribution < -0.4 is 0 Å². The summed E-state index contributed by atoms with van der Waals surface area (Å²) in [6, 6.07) is 6.97. The lowest BCUT2D eigenvalue weighted by atomic mass is 10.1. The summed E-state index contributed by atoms with van der Waals surface area (Å²) in [6.07, 6.45) is 0. The van der Waals surface area contributed by atoms with Gasteiger partial charge in [0.1, 0.15) is 0 Å². The maximum Gasteiger partial charge on any atom is 0.289 e. The maximum absolute atomic E-state index is 12.5. The fourth-order valence-electron chi connectivity index (χ4n) is 2.28. The number of likely N-dealkylation sites (N-methyl/N-ethyl adjacent to an activating group) is 1. The van der Waals surface area contributed by atoms with Crippen LogP contribution in [0.2, 0.25) is 0 Å². The zero-order chi connectivity index (χ0) is 17.0. The van der Waals surface area contributed by atoms with Crippen LogP contribution in [0.4, 0.5) is 4.79 Å². The highest BCUT2D eigenvalue weighted by atomic mass is 32.2. The summed E-state index contributed by atoms with van der Waals surface area (Å²) in [4.78, 5) is 38.7. The van der Waals surface area contributed by atoms with Gasteiger partial charge in [0.25, 0.3) is 11.1 Å². The van der Waals surface area contributed by atoms with Crippen LogP contribution in [0.3, 0.4) is 0 Å². The third kappa shape index (κ3) is 4.11. The summed E-state index contributed by atoms with van der Waals surface area (Å²) in [7, 11) is 3.32. The van der Waals surface area contributed by atoms with E-state index in [-0.39, 0.29) is 35.4 Å². The number of ether oxygens (including phenoxy) is 1. The van der Waals surface area contributed by atoms with Crippen LogP contribution in [-0.2, 0) is 16.1 Å². The van der Waals surface area contributed by atoms with Crippen molar-refractivity contribution in [2.24, 2.45) is 0 Å². The molecule has 0 N–H and O–H groups in total. The van der Waals surface area contributed by atoms with E-state index in [1.165, 1.54) is 4.90 Å². The predicted octanol–water partition coefficient (Wildman–Crippen LogP) is 1.99. The molecule has 23 heavy (non-hydrogen) atoms. The summed E-state index contributed by atoms with van der Waals surface area (Å²) >= 11 is 1.01. The number of nitrogens with zero attached hydrogens (tertiary/aromatic N) is 2. The highest BCUT2D eigenvalue weighted by Gasteiger charge is 2.29. The van der Waals surface area contributed by atoms with Gasteiger partial charge in [-0.25, -0.2) is 0 Å². The quantitative estimate of drug-likeness (QED) is 0.795. The summed E-state index contributed by atoms with van der Waals surface area (Å²) in [5.74, 6) is -0.123. The van der Waals surface area contributed by atoms with Crippen molar-refractivity contribution in [3.05, 3.63) is 35.4 Å². The number of methoxy groups -OCH3 is 1. The molecule has 0 unspecified atom stereocenters. The van der Waals surface area contributed by atoms with Crippen molar-refractivity contribution in [2.45, 2.75) is 19.5 Å². The second kappa shape index (κ2) is 7.61. The van der Waals surface area contributed by atoms with Gasteiger partial charge in [-0.2, -0.15) is 0 Å². The molecule has 1 fully saturated rings. The monoisotopic (exact) mass is 336 g/mol. The number of amides is 3. The number of thioether (sulfide) groups is 1. The van der Waals surface area contributed by atoms with E-state index in [4.69, 9.17) is 4.74 Å². The van der Waals surface area contributed by atoms with Gasteiger partial charge in [0, 0.05) is 19.7 Å². The molecule has 0 radical (unpaired) electrons. The number of hydrogen-bond donors (Lipinski definition) is 0. The second-order valence-corrected chi connectivity index (χ2v) is 6.38. The zero-order valence-corrected chi connectivity index (χ0v) is 14.3. The molecule has 1 saturated heterocycles. The minimum absolute atomic E-state index is 0.0470. The van der Waals surface area contributed by atoms with Crippen molar-refractivity contribution in [2.75, 3.05) is 26.5 Å². The van der Waals surface area contributed by atoms with E-state index in [2.05, 4.69) is 0 Å². The Balaban J connectivity index is 2.11. The van der Waals surface area contributed by atoms with Crippen molar-refractivity contribution >= 4 is 28.8 Å². The lowest BCUT2D eigenvalue weighted by Crippen LogP contribution is -2.37. The highest BCUT2D eigenvalue weighted by molar-refractivity contribution is 8.14. The smallest absolute Gasteiger partial charge is 0.289 e. The molecule has 1 heterocycles. The fraction of sp³-hybridized carbons (Fsp3) is 0.438. The predicted molar refractivity (Wildman–Crippen MR) is 88.3 cm³/mol. The molecule has 0 aromatic heterocycles. The SMILES string of the molecule is COC[C@H](C)N(C)C(=O)c1cccc(CN2C(=O)CSC2=O)c1. The Morgan fingerprint density at radius 3 is 2.78 bits per heavy atom. The summed E-state index contributed by atoms with van der Waals surface area (Å²) < 4.78 is 5.07. The molecule has 0 bridgehead atoms. The first-order valence-corrected chi connectivity index (χ1v) is 8.24. The molecule has 1 aliphatic rings. The Morgan fingerprint density at radius 1 is 1.43 bits per heavy atom. The highest BCUT2D eigenvalue weighted by Crippen LogP contribution is 2.21. The summed E-state index contributed by atoms with van der Waals surface area (Å²) in [5, 5.41) is -0.238. The van der Waals surface area contributed by atoms with Gasteiger partial charge < -0.3 is 9.64 Å². The minimum atomic E-state index is -0.238. The van der Waals surface area contributed by atoms with Crippen molar-refractivity contribution < 1.29 is 19.1 Å². The molecule has 7 heteroatoms. The van der Waals surface area contributed by atoms with Crippen LogP contribution in [0.5, 0.6) is 0 Å². The molecule has 1 atom stereocenters. The van der Waals surface area contributed by atoms with Gasteiger partial charge in [-0.3, -0.25) is 19.3 Å². The average molecular weight is 336 g/mol. The van der Waals surface area contributed by atoms with E-state index in [1.54, 1.807) is 43.3 Å². The van der Waals surface area contributed by atoms with Crippen LogP contribution in [0.25, 0.3) is 0 Å². The lowest BCUT2D eigenvalue weighted by molar-refractivity contribution is -0.125. The first-order chi connectivity index (χ1) is 10.9. The molecule has 124 valence electrons. The third-order valence-corrected chi connectivity index (χ3v) is 4.60. The molecular weight excluding hydrogens is 316 g/mol. The van der Waals surface area contributed by atoms with Crippen molar-refractivity contribution in [1.82, 2.24) is 9.80 Å². The van der Waals surface area contributed by atoms with E-state index >= 15 is 0 Å². The molecule has 1 aromatic rings. The fourth-order valence-corrected chi connectivity index (χ4v) is 3.00. The van der Waals surface area contributed by atoms with Crippen LogP contribution >= 0.6 is 11.8 Å². The number of benzene rings is 1. The maximum atomic E-state index is 12.5. The van der Waals surface area contributed by atoms with Crippen molar-refractivity contribution in [3.63, 3.8) is 0 Å². The number of rotatable bonds is 6. The van der Waals surface area contributed by atoms with Crippen LogP contribution in [-0.4, -0.2) is 59.4 Å². The largest absolute Gasteiger partial charge is 0.383 e. The Hall–Kier alpha value is -1.86. The number of hydrogen-bond acceptors (Lipinski definition) is 5. The van der Waals surface area contributed by atoms with E-state index < -0.39 is 0 Å². The molecule has 0 aliphatic carbocycles. The Kier molecular flexibility index (Phi) is 5.79. The topological polar surface area (TPSA) is 66.9 Å².